The minimum absolute atomic E-state index is 0.0161. The Morgan fingerprint density at radius 3 is 3.00 bits per heavy atom. The smallest absolute Gasteiger partial charge is 0.308 e. The van der Waals surface area contributed by atoms with E-state index >= 15 is 0 Å². The molecule has 0 aliphatic carbocycles. The number of thiazole rings is 1. The predicted molar refractivity (Wildman–Crippen MR) is 79.6 cm³/mol. The van der Waals surface area contributed by atoms with Gasteiger partial charge in [0, 0.05) is 29.4 Å². The molecule has 7 heteroatoms. The van der Waals surface area contributed by atoms with Crippen molar-refractivity contribution in [3.8, 4) is 0 Å². The van der Waals surface area contributed by atoms with Crippen LogP contribution < -0.4 is 5.56 Å². The van der Waals surface area contributed by atoms with Gasteiger partial charge in [-0.15, -0.1) is 11.3 Å². The van der Waals surface area contributed by atoms with Crippen LogP contribution in [0.25, 0.3) is 0 Å². The lowest BCUT2D eigenvalue weighted by Crippen LogP contribution is -2.18. The van der Waals surface area contributed by atoms with Crippen molar-refractivity contribution in [2.75, 3.05) is 5.75 Å². The Kier molecular flexibility index (Phi) is 4.97. The number of carboxylic acid groups (broad SMARTS) is 1. The quantitative estimate of drug-likeness (QED) is 0.827. The van der Waals surface area contributed by atoms with Gasteiger partial charge in [0.15, 0.2) is 0 Å². The summed E-state index contributed by atoms with van der Waals surface area (Å²) in [6.45, 7) is 2.43. The number of aryl methyl sites for hydroxylation is 2. The van der Waals surface area contributed by atoms with Crippen LogP contribution in [0.1, 0.15) is 10.6 Å². The van der Waals surface area contributed by atoms with Crippen LogP contribution >= 0.6 is 23.1 Å². The van der Waals surface area contributed by atoms with Gasteiger partial charge < -0.3 is 9.67 Å². The molecule has 2 heterocycles. The van der Waals surface area contributed by atoms with Crippen molar-refractivity contribution in [1.29, 1.82) is 0 Å². The molecule has 0 amide bonds. The maximum Gasteiger partial charge on any atom is 0.308 e. The maximum atomic E-state index is 11.5. The highest BCUT2D eigenvalue weighted by atomic mass is 32.2. The van der Waals surface area contributed by atoms with E-state index in [1.807, 2.05) is 13.0 Å². The molecular weight excluding hydrogens is 296 g/mol. The van der Waals surface area contributed by atoms with E-state index in [-0.39, 0.29) is 12.0 Å². The van der Waals surface area contributed by atoms with Crippen LogP contribution in [-0.2, 0) is 17.8 Å². The van der Waals surface area contributed by atoms with Gasteiger partial charge in [0.25, 0.3) is 5.56 Å². The standard InChI is InChI=1S/C13H14N2O3S2/c1-9-10(8-12(17)18)20-13(14-9)19-7-6-15-5-3-2-4-11(15)16/h2-5H,6-8H2,1H3,(H,17,18). The Morgan fingerprint density at radius 1 is 1.50 bits per heavy atom. The van der Waals surface area contributed by atoms with Crippen molar-refractivity contribution >= 4 is 29.1 Å². The normalized spacial score (nSPS) is 10.7. The summed E-state index contributed by atoms with van der Waals surface area (Å²) in [4.78, 5) is 27.4. The largest absolute Gasteiger partial charge is 0.481 e. The van der Waals surface area contributed by atoms with Gasteiger partial charge in [-0.05, 0) is 13.0 Å². The lowest BCUT2D eigenvalue weighted by Gasteiger charge is -2.02. The molecule has 0 bridgehead atoms. The first-order valence-corrected chi connectivity index (χ1v) is 7.83. The highest BCUT2D eigenvalue weighted by Crippen LogP contribution is 2.27. The molecule has 2 aromatic rings. The third-order valence-electron chi connectivity index (χ3n) is 2.64. The fourth-order valence-corrected chi connectivity index (χ4v) is 3.88. The number of carboxylic acids is 1. The Morgan fingerprint density at radius 2 is 2.30 bits per heavy atom. The topological polar surface area (TPSA) is 72.2 Å². The predicted octanol–water partition coefficient (Wildman–Crippen LogP) is 2.03. The zero-order valence-corrected chi connectivity index (χ0v) is 12.5. The summed E-state index contributed by atoms with van der Waals surface area (Å²) < 4.78 is 2.49. The van der Waals surface area contributed by atoms with Crippen LogP contribution in [0.15, 0.2) is 33.5 Å². The van der Waals surface area contributed by atoms with Crippen molar-refractivity contribution < 1.29 is 9.90 Å². The maximum absolute atomic E-state index is 11.5. The number of aliphatic carboxylic acids is 1. The molecule has 5 nitrogen and oxygen atoms in total. The SMILES string of the molecule is Cc1nc(SCCn2ccccc2=O)sc1CC(=O)O. The number of hydrogen-bond acceptors (Lipinski definition) is 5. The minimum atomic E-state index is -0.843. The first-order chi connectivity index (χ1) is 9.56. The van der Waals surface area contributed by atoms with E-state index in [0.717, 1.165) is 20.7 Å². The first-order valence-electron chi connectivity index (χ1n) is 6.02. The van der Waals surface area contributed by atoms with Gasteiger partial charge in [-0.1, -0.05) is 17.8 Å². The summed E-state index contributed by atoms with van der Waals surface area (Å²) in [5.74, 6) is -0.118. The average Bonchev–Trinajstić information content (AvgIpc) is 2.72. The zero-order valence-electron chi connectivity index (χ0n) is 10.9. The van der Waals surface area contributed by atoms with Gasteiger partial charge in [-0.25, -0.2) is 4.98 Å². The molecule has 2 rings (SSSR count). The van der Waals surface area contributed by atoms with Crippen LogP contribution in [0.2, 0.25) is 0 Å². The second-order valence-corrected chi connectivity index (χ2v) is 6.57. The van der Waals surface area contributed by atoms with Crippen LogP contribution in [0.4, 0.5) is 0 Å². The number of hydrogen-bond donors (Lipinski definition) is 1. The fraction of sp³-hybridized carbons (Fsp3) is 0.308. The van der Waals surface area contributed by atoms with E-state index in [4.69, 9.17) is 5.11 Å². The second kappa shape index (κ2) is 6.71. The highest BCUT2D eigenvalue weighted by Gasteiger charge is 2.11. The monoisotopic (exact) mass is 310 g/mol. The third-order valence-corrected chi connectivity index (χ3v) is 4.92. The van der Waals surface area contributed by atoms with Gasteiger partial charge >= 0.3 is 5.97 Å². The van der Waals surface area contributed by atoms with E-state index in [0.29, 0.717) is 6.54 Å². The van der Waals surface area contributed by atoms with Crippen molar-refractivity contribution in [1.82, 2.24) is 9.55 Å². The first kappa shape index (κ1) is 14.8. The number of rotatable bonds is 6. The molecule has 0 saturated heterocycles. The second-order valence-electron chi connectivity index (χ2n) is 4.14. The number of pyridine rings is 1. The summed E-state index contributed by atoms with van der Waals surface area (Å²) in [7, 11) is 0. The van der Waals surface area contributed by atoms with Gasteiger partial charge in [0.05, 0.1) is 12.1 Å². The van der Waals surface area contributed by atoms with Crippen molar-refractivity contribution in [3.63, 3.8) is 0 Å². The molecule has 0 unspecified atom stereocenters. The Bertz CT molecular complexity index is 664. The summed E-state index contributed by atoms with van der Waals surface area (Å²) in [6, 6.07) is 5.07. The van der Waals surface area contributed by atoms with Crippen LogP contribution in [0.3, 0.4) is 0 Å². The summed E-state index contributed by atoms with van der Waals surface area (Å²) in [6.07, 6.45) is 1.77. The van der Waals surface area contributed by atoms with Gasteiger partial charge in [-0.3, -0.25) is 9.59 Å². The van der Waals surface area contributed by atoms with E-state index < -0.39 is 5.97 Å². The molecule has 2 aromatic heterocycles. The molecule has 0 fully saturated rings. The molecule has 0 atom stereocenters. The lowest BCUT2D eigenvalue weighted by atomic mass is 10.3. The molecule has 0 aliphatic heterocycles. The van der Waals surface area contributed by atoms with Crippen molar-refractivity contribution in [2.45, 2.75) is 24.2 Å². The molecule has 0 radical (unpaired) electrons. The molecule has 0 aliphatic rings. The molecule has 20 heavy (non-hydrogen) atoms. The Hall–Kier alpha value is -1.60. The zero-order chi connectivity index (χ0) is 14.5. The minimum Gasteiger partial charge on any atom is -0.481 e. The summed E-state index contributed by atoms with van der Waals surface area (Å²) in [5, 5.41) is 8.79. The summed E-state index contributed by atoms with van der Waals surface area (Å²) >= 11 is 2.95. The molecule has 106 valence electrons. The molecular formula is C13H14N2O3S2. The van der Waals surface area contributed by atoms with Crippen LogP contribution in [0.5, 0.6) is 0 Å². The van der Waals surface area contributed by atoms with Gasteiger partial charge in [-0.2, -0.15) is 0 Å². The van der Waals surface area contributed by atoms with E-state index in [2.05, 4.69) is 4.98 Å². The third kappa shape index (κ3) is 3.94. The van der Waals surface area contributed by atoms with E-state index in [9.17, 15) is 9.59 Å². The highest BCUT2D eigenvalue weighted by molar-refractivity contribution is 8.01. The average molecular weight is 310 g/mol. The summed E-state index contributed by atoms with van der Waals surface area (Å²) in [5.41, 5.74) is 0.756. The number of carbonyl (C=O) groups is 1. The van der Waals surface area contributed by atoms with Crippen LogP contribution in [-0.4, -0.2) is 26.4 Å². The molecule has 0 saturated carbocycles. The Labute approximate surface area is 124 Å². The van der Waals surface area contributed by atoms with Crippen LogP contribution in [0, 0.1) is 6.92 Å². The van der Waals surface area contributed by atoms with E-state index in [1.54, 1.807) is 28.6 Å². The molecule has 0 aromatic carbocycles. The number of nitrogens with zero attached hydrogens (tertiary/aromatic N) is 2. The van der Waals surface area contributed by atoms with Crippen molar-refractivity contribution in [2.24, 2.45) is 0 Å². The Balaban J connectivity index is 1.93. The van der Waals surface area contributed by atoms with E-state index in [1.165, 1.54) is 17.4 Å². The van der Waals surface area contributed by atoms with Crippen molar-refractivity contribution in [3.05, 3.63) is 45.3 Å². The molecule has 1 N–H and O–H groups in total. The fourth-order valence-electron chi connectivity index (χ4n) is 1.64. The molecule has 0 spiro atoms. The number of thioether (sulfide) groups is 1. The van der Waals surface area contributed by atoms with Gasteiger partial charge in [0.2, 0.25) is 0 Å². The number of aromatic nitrogens is 2. The van der Waals surface area contributed by atoms with Gasteiger partial charge in [0.1, 0.15) is 4.34 Å². The lowest BCUT2D eigenvalue weighted by molar-refractivity contribution is -0.136.